The number of fused-ring (bicyclic) bond motifs is 1. The average Bonchev–Trinajstić information content (AvgIpc) is 2.39. The van der Waals surface area contributed by atoms with Gasteiger partial charge in [0.05, 0.1) is 13.2 Å². The normalized spacial score (nSPS) is 34.4. The molecule has 2 nitrogen and oxygen atoms in total. The number of hydrogen-bond donors (Lipinski definition) is 1. The number of quaternary nitrogens is 1. The van der Waals surface area contributed by atoms with Gasteiger partial charge in [0, 0.05) is 6.42 Å². The maximum atomic E-state index is 6.01. The third-order valence-electron chi connectivity index (χ3n) is 4.00. The van der Waals surface area contributed by atoms with E-state index in [0.717, 1.165) is 6.61 Å². The fraction of sp³-hybridized carbons (Fsp3) is 0.571. The van der Waals surface area contributed by atoms with E-state index in [9.17, 15) is 0 Å². The van der Waals surface area contributed by atoms with Crippen LogP contribution in [0.15, 0.2) is 30.3 Å². The van der Waals surface area contributed by atoms with Crippen LogP contribution < -0.4 is 4.90 Å². The van der Waals surface area contributed by atoms with E-state index in [2.05, 4.69) is 30.3 Å². The fourth-order valence-electron chi connectivity index (χ4n) is 3.19. The molecule has 2 heteroatoms. The number of nitrogens with one attached hydrogen (secondary N) is 1. The van der Waals surface area contributed by atoms with Crippen molar-refractivity contribution in [3.05, 3.63) is 35.9 Å². The molecule has 2 fully saturated rings. The standard InChI is InChI=1S/C14H19NO/c1-2-6-12(7-3-1)14-13-8-4-5-9-15(13)10-11-16-14/h1-3,6-7,13-14H,4-5,8-11H2/p+1/t13-,14-/m1/s1. The van der Waals surface area contributed by atoms with Gasteiger partial charge >= 0.3 is 0 Å². The number of hydrogen-bond acceptors (Lipinski definition) is 1. The largest absolute Gasteiger partial charge is 0.361 e. The molecule has 0 saturated carbocycles. The molecule has 0 spiro atoms. The molecule has 1 unspecified atom stereocenters. The van der Waals surface area contributed by atoms with Crippen molar-refractivity contribution in [2.75, 3.05) is 19.7 Å². The van der Waals surface area contributed by atoms with Crippen molar-refractivity contribution >= 4 is 0 Å². The summed E-state index contributed by atoms with van der Waals surface area (Å²) in [5.41, 5.74) is 1.37. The van der Waals surface area contributed by atoms with Gasteiger partial charge in [-0.2, -0.15) is 0 Å². The summed E-state index contributed by atoms with van der Waals surface area (Å²) in [5.74, 6) is 0. The highest BCUT2D eigenvalue weighted by atomic mass is 16.5. The molecule has 0 radical (unpaired) electrons. The first-order valence-corrected chi connectivity index (χ1v) is 6.46. The minimum absolute atomic E-state index is 0.338. The van der Waals surface area contributed by atoms with Gasteiger partial charge in [0.15, 0.2) is 0 Å². The SMILES string of the molecule is c1ccc([C@H]2OCC[NH+]3CCCC[C@H]23)cc1. The summed E-state index contributed by atoms with van der Waals surface area (Å²) in [5, 5.41) is 0. The topological polar surface area (TPSA) is 13.7 Å². The van der Waals surface area contributed by atoms with Crippen LogP contribution in [0.3, 0.4) is 0 Å². The highest BCUT2D eigenvalue weighted by Crippen LogP contribution is 2.25. The molecule has 1 aromatic carbocycles. The lowest BCUT2D eigenvalue weighted by Crippen LogP contribution is -3.18. The molecule has 0 aromatic heterocycles. The molecule has 2 saturated heterocycles. The van der Waals surface area contributed by atoms with Gasteiger partial charge in [-0.3, -0.25) is 0 Å². The smallest absolute Gasteiger partial charge is 0.134 e. The Kier molecular flexibility index (Phi) is 2.94. The summed E-state index contributed by atoms with van der Waals surface area (Å²) >= 11 is 0. The molecule has 2 heterocycles. The molecule has 3 rings (SSSR count). The Morgan fingerprint density at radius 3 is 2.81 bits per heavy atom. The summed E-state index contributed by atoms with van der Waals surface area (Å²) in [4.78, 5) is 1.77. The molecular weight excluding hydrogens is 198 g/mol. The monoisotopic (exact) mass is 218 g/mol. The highest BCUT2D eigenvalue weighted by Gasteiger charge is 2.38. The van der Waals surface area contributed by atoms with Crippen molar-refractivity contribution in [3.8, 4) is 0 Å². The molecule has 86 valence electrons. The van der Waals surface area contributed by atoms with E-state index in [1.54, 1.807) is 4.90 Å². The highest BCUT2D eigenvalue weighted by molar-refractivity contribution is 5.19. The quantitative estimate of drug-likeness (QED) is 0.747. The van der Waals surface area contributed by atoms with Crippen LogP contribution in [0.25, 0.3) is 0 Å². The van der Waals surface area contributed by atoms with Crippen molar-refractivity contribution in [2.24, 2.45) is 0 Å². The number of benzene rings is 1. The maximum Gasteiger partial charge on any atom is 0.134 e. The summed E-state index contributed by atoms with van der Waals surface area (Å²) in [7, 11) is 0. The fourth-order valence-corrected chi connectivity index (χ4v) is 3.19. The predicted molar refractivity (Wildman–Crippen MR) is 63.5 cm³/mol. The van der Waals surface area contributed by atoms with E-state index in [0.29, 0.717) is 12.1 Å². The van der Waals surface area contributed by atoms with Crippen molar-refractivity contribution in [1.29, 1.82) is 0 Å². The third kappa shape index (κ3) is 1.87. The number of piperidine rings is 1. The van der Waals surface area contributed by atoms with E-state index in [-0.39, 0.29) is 0 Å². The summed E-state index contributed by atoms with van der Waals surface area (Å²) in [6.45, 7) is 3.47. The van der Waals surface area contributed by atoms with Crippen LogP contribution in [-0.2, 0) is 4.74 Å². The summed E-state index contributed by atoms with van der Waals surface area (Å²) in [6.07, 6.45) is 4.44. The van der Waals surface area contributed by atoms with Crippen LogP contribution in [0.1, 0.15) is 30.9 Å². The number of rotatable bonds is 1. The van der Waals surface area contributed by atoms with Gasteiger partial charge in [-0.05, 0) is 18.4 Å². The van der Waals surface area contributed by atoms with Gasteiger partial charge in [0.1, 0.15) is 18.7 Å². The molecule has 0 bridgehead atoms. The first-order valence-electron chi connectivity index (χ1n) is 6.46. The molecule has 0 aliphatic carbocycles. The number of ether oxygens (including phenoxy) is 1. The Morgan fingerprint density at radius 2 is 1.94 bits per heavy atom. The van der Waals surface area contributed by atoms with E-state index < -0.39 is 0 Å². The van der Waals surface area contributed by atoms with Crippen LogP contribution >= 0.6 is 0 Å². The maximum absolute atomic E-state index is 6.01. The van der Waals surface area contributed by atoms with Gasteiger partial charge < -0.3 is 9.64 Å². The minimum Gasteiger partial charge on any atom is -0.361 e. The zero-order chi connectivity index (χ0) is 10.8. The zero-order valence-corrected chi connectivity index (χ0v) is 9.69. The summed E-state index contributed by atoms with van der Waals surface area (Å²) < 4.78 is 6.01. The summed E-state index contributed by atoms with van der Waals surface area (Å²) in [6, 6.07) is 11.4. The second-order valence-corrected chi connectivity index (χ2v) is 4.96. The van der Waals surface area contributed by atoms with E-state index in [1.807, 2.05) is 0 Å². The molecular formula is C14H20NO+. The Balaban J connectivity index is 1.83. The van der Waals surface area contributed by atoms with Crippen LogP contribution in [-0.4, -0.2) is 25.7 Å². The van der Waals surface area contributed by atoms with Gasteiger partial charge in [0.2, 0.25) is 0 Å². The van der Waals surface area contributed by atoms with Crippen LogP contribution in [0.4, 0.5) is 0 Å². The van der Waals surface area contributed by atoms with Crippen molar-refractivity contribution in [3.63, 3.8) is 0 Å². The third-order valence-corrected chi connectivity index (χ3v) is 4.00. The molecule has 0 amide bonds. The number of morpholine rings is 1. The van der Waals surface area contributed by atoms with Gasteiger partial charge in [-0.1, -0.05) is 30.3 Å². The average molecular weight is 218 g/mol. The van der Waals surface area contributed by atoms with Crippen molar-refractivity contribution in [1.82, 2.24) is 0 Å². The van der Waals surface area contributed by atoms with Gasteiger partial charge in [0.25, 0.3) is 0 Å². The first-order chi connectivity index (χ1) is 7.95. The van der Waals surface area contributed by atoms with E-state index >= 15 is 0 Å². The lowest BCUT2D eigenvalue weighted by atomic mass is 9.92. The Labute approximate surface area is 97.2 Å². The zero-order valence-electron chi connectivity index (χ0n) is 9.69. The molecule has 16 heavy (non-hydrogen) atoms. The predicted octanol–water partition coefficient (Wildman–Crippen LogP) is 1.20. The van der Waals surface area contributed by atoms with E-state index in [4.69, 9.17) is 4.74 Å². The minimum atomic E-state index is 0.338. The van der Waals surface area contributed by atoms with Crippen molar-refractivity contribution in [2.45, 2.75) is 31.4 Å². The molecule has 1 aromatic rings. The lowest BCUT2D eigenvalue weighted by molar-refractivity contribution is -0.944. The first kappa shape index (κ1) is 10.3. The molecule has 2 aliphatic rings. The molecule has 2 aliphatic heterocycles. The second kappa shape index (κ2) is 4.56. The van der Waals surface area contributed by atoms with Gasteiger partial charge in [-0.15, -0.1) is 0 Å². The van der Waals surface area contributed by atoms with Crippen LogP contribution in [0.5, 0.6) is 0 Å². The van der Waals surface area contributed by atoms with Crippen LogP contribution in [0.2, 0.25) is 0 Å². The van der Waals surface area contributed by atoms with Gasteiger partial charge in [-0.25, -0.2) is 0 Å². The Morgan fingerprint density at radius 1 is 1.06 bits per heavy atom. The van der Waals surface area contributed by atoms with E-state index in [1.165, 1.54) is 37.9 Å². The van der Waals surface area contributed by atoms with Crippen LogP contribution in [0, 0.1) is 0 Å². The lowest BCUT2D eigenvalue weighted by Gasteiger charge is -2.41. The molecule has 1 N–H and O–H groups in total. The Bertz CT molecular complexity index is 336. The second-order valence-electron chi connectivity index (χ2n) is 4.96. The molecule has 3 atom stereocenters. The Hall–Kier alpha value is -0.860. The van der Waals surface area contributed by atoms with Crippen molar-refractivity contribution < 1.29 is 9.64 Å².